The molecule has 1 amide bonds. The van der Waals surface area contributed by atoms with E-state index in [-0.39, 0.29) is 17.0 Å². The number of hydrogen-bond donors (Lipinski definition) is 2. The van der Waals surface area contributed by atoms with E-state index in [0.29, 0.717) is 41.5 Å². The standard InChI is InChI=1S/C24H27FN6O2/c1-2-18-23(32)29-22-19(28-18)7-3-15(21(22)25)14-30-9-11-31(12-10-30)17-6-8-20(26-13-17)24(33)27-16-4-5-16/h3,6-8,13,16H,2,4-5,9-12,14H2,1H3,(H,27,33)(H,29,32). The van der Waals surface area contributed by atoms with Gasteiger partial charge in [-0.05, 0) is 37.5 Å². The first-order chi connectivity index (χ1) is 16.0. The smallest absolute Gasteiger partial charge is 0.270 e. The van der Waals surface area contributed by atoms with E-state index in [1.807, 2.05) is 13.0 Å². The van der Waals surface area contributed by atoms with Crippen molar-refractivity contribution in [3.8, 4) is 0 Å². The molecule has 0 atom stereocenters. The van der Waals surface area contributed by atoms with Crippen molar-refractivity contribution in [3.63, 3.8) is 0 Å². The quantitative estimate of drug-likeness (QED) is 0.598. The topological polar surface area (TPSA) is 94.2 Å². The van der Waals surface area contributed by atoms with Crippen molar-refractivity contribution in [3.05, 3.63) is 63.6 Å². The van der Waals surface area contributed by atoms with Crippen molar-refractivity contribution in [2.24, 2.45) is 0 Å². The number of amides is 1. The molecule has 2 aromatic heterocycles. The number of carbonyl (C=O) groups is 1. The lowest BCUT2D eigenvalue weighted by Crippen LogP contribution is -2.46. The first-order valence-electron chi connectivity index (χ1n) is 11.5. The van der Waals surface area contributed by atoms with Crippen LogP contribution in [0, 0.1) is 5.82 Å². The number of halogens is 1. The fourth-order valence-corrected chi connectivity index (χ4v) is 4.16. The monoisotopic (exact) mass is 450 g/mol. The molecule has 1 aliphatic carbocycles. The maximum atomic E-state index is 15.1. The van der Waals surface area contributed by atoms with Crippen molar-refractivity contribution < 1.29 is 9.18 Å². The van der Waals surface area contributed by atoms with Crippen LogP contribution in [0.25, 0.3) is 11.0 Å². The van der Waals surface area contributed by atoms with Gasteiger partial charge < -0.3 is 15.2 Å². The van der Waals surface area contributed by atoms with E-state index >= 15 is 4.39 Å². The third kappa shape index (κ3) is 4.59. The molecule has 33 heavy (non-hydrogen) atoms. The van der Waals surface area contributed by atoms with E-state index in [9.17, 15) is 9.59 Å². The molecule has 2 aliphatic rings. The maximum absolute atomic E-state index is 15.1. The Kier molecular flexibility index (Phi) is 5.80. The zero-order valence-electron chi connectivity index (χ0n) is 18.6. The summed E-state index contributed by atoms with van der Waals surface area (Å²) in [6.07, 6.45) is 4.34. The summed E-state index contributed by atoms with van der Waals surface area (Å²) < 4.78 is 15.1. The normalized spacial score (nSPS) is 16.8. The van der Waals surface area contributed by atoms with Crippen LogP contribution in [0.4, 0.5) is 10.1 Å². The number of carbonyl (C=O) groups excluding carboxylic acids is 1. The van der Waals surface area contributed by atoms with Gasteiger partial charge in [0.05, 0.1) is 17.4 Å². The van der Waals surface area contributed by atoms with E-state index in [1.54, 1.807) is 24.4 Å². The second kappa shape index (κ2) is 8.90. The Morgan fingerprint density at radius 3 is 2.64 bits per heavy atom. The van der Waals surface area contributed by atoms with Crippen LogP contribution < -0.4 is 15.8 Å². The first kappa shape index (κ1) is 21.5. The molecule has 0 radical (unpaired) electrons. The lowest BCUT2D eigenvalue weighted by molar-refractivity contribution is 0.0946. The largest absolute Gasteiger partial charge is 0.368 e. The zero-order chi connectivity index (χ0) is 22.9. The minimum absolute atomic E-state index is 0.117. The molecule has 2 fully saturated rings. The molecule has 2 N–H and O–H groups in total. The molecule has 1 aromatic carbocycles. The molecule has 0 bridgehead atoms. The fourth-order valence-electron chi connectivity index (χ4n) is 4.16. The Morgan fingerprint density at radius 1 is 1.18 bits per heavy atom. The number of pyridine rings is 1. The predicted molar refractivity (Wildman–Crippen MR) is 124 cm³/mol. The molecule has 1 saturated heterocycles. The molecule has 9 heteroatoms. The second-order valence-corrected chi connectivity index (χ2v) is 8.71. The number of piperazine rings is 1. The van der Waals surface area contributed by atoms with Gasteiger partial charge in [-0.3, -0.25) is 14.5 Å². The number of benzene rings is 1. The molecule has 3 aromatic rings. The summed E-state index contributed by atoms with van der Waals surface area (Å²) in [5, 5.41) is 2.95. The van der Waals surface area contributed by atoms with Gasteiger partial charge in [-0.2, -0.15) is 0 Å². The molecule has 172 valence electrons. The minimum Gasteiger partial charge on any atom is -0.368 e. The van der Waals surface area contributed by atoms with Crippen LogP contribution in [0.5, 0.6) is 0 Å². The average Bonchev–Trinajstić information content (AvgIpc) is 3.65. The van der Waals surface area contributed by atoms with Gasteiger partial charge >= 0.3 is 0 Å². The molecule has 1 saturated carbocycles. The van der Waals surface area contributed by atoms with E-state index < -0.39 is 5.82 Å². The Morgan fingerprint density at radius 2 is 1.97 bits per heavy atom. The van der Waals surface area contributed by atoms with Gasteiger partial charge in [0.25, 0.3) is 11.5 Å². The molecule has 0 unspecified atom stereocenters. The summed E-state index contributed by atoms with van der Waals surface area (Å²) >= 11 is 0. The third-order valence-corrected chi connectivity index (χ3v) is 6.32. The van der Waals surface area contributed by atoms with Gasteiger partial charge in [0.15, 0.2) is 5.82 Å². The SMILES string of the molecule is CCc1nc2ccc(CN3CCN(c4ccc(C(=O)NC5CC5)nc4)CC3)c(F)c2[nH]c1=O. The first-order valence-corrected chi connectivity index (χ1v) is 11.5. The molecule has 3 heterocycles. The Bertz CT molecular complexity index is 1230. The average molecular weight is 451 g/mol. The lowest BCUT2D eigenvalue weighted by atomic mass is 10.1. The molecular formula is C24H27FN6O2. The van der Waals surface area contributed by atoms with Gasteiger partial charge in [-0.25, -0.2) is 14.4 Å². The predicted octanol–water partition coefficient (Wildman–Crippen LogP) is 2.23. The molecule has 0 spiro atoms. The van der Waals surface area contributed by atoms with Crippen LogP contribution in [0.3, 0.4) is 0 Å². The van der Waals surface area contributed by atoms with Crippen LogP contribution in [-0.2, 0) is 13.0 Å². The third-order valence-electron chi connectivity index (χ3n) is 6.32. The van der Waals surface area contributed by atoms with Crippen LogP contribution >= 0.6 is 0 Å². The van der Waals surface area contributed by atoms with Gasteiger partial charge in [-0.15, -0.1) is 0 Å². The van der Waals surface area contributed by atoms with Crippen molar-refractivity contribution in [1.29, 1.82) is 0 Å². The van der Waals surface area contributed by atoms with Gasteiger partial charge in [-0.1, -0.05) is 13.0 Å². The summed E-state index contributed by atoms with van der Waals surface area (Å²) in [6.45, 7) is 5.41. The number of H-pyrrole nitrogens is 1. The van der Waals surface area contributed by atoms with Crippen molar-refractivity contribution in [2.75, 3.05) is 31.1 Å². The number of aromatic nitrogens is 3. The Labute approximate surface area is 190 Å². The van der Waals surface area contributed by atoms with Gasteiger partial charge in [0.2, 0.25) is 0 Å². The van der Waals surface area contributed by atoms with Crippen molar-refractivity contribution in [2.45, 2.75) is 38.8 Å². The fraction of sp³-hybridized carbons (Fsp3) is 0.417. The number of fused-ring (bicyclic) bond motifs is 1. The van der Waals surface area contributed by atoms with E-state index in [0.717, 1.165) is 44.7 Å². The van der Waals surface area contributed by atoms with Crippen LogP contribution in [0.15, 0.2) is 35.3 Å². The number of hydrogen-bond acceptors (Lipinski definition) is 6. The summed E-state index contributed by atoms with van der Waals surface area (Å²) in [5.74, 6) is -0.528. The summed E-state index contributed by atoms with van der Waals surface area (Å²) in [4.78, 5) is 39.9. The van der Waals surface area contributed by atoms with Crippen molar-refractivity contribution in [1.82, 2.24) is 25.2 Å². The molecule has 5 rings (SSSR count). The molecular weight excluding hydrogens is 423 g/mol. The highest BCUT2D eigenvalue weighted by Crippen LogP contribution is 2.22. The Balaban J connectivity index is 1.21. The second-order valence-electron chi connectivity index (χ2n) is 8.71. The summed E-state index contributed by atoms with van der Waals surface area (Å²) in [5.41, 5.74) is 2.69. The molecule has 1 aliphatic heterocycles. The highest BCUT2D eigenvalue weighted by atomic mass is 19.1. The minimum atomic E-state index is -0.411. The van der Waals surface area contributed by atoms with Gasteiger partial charge in [0.1, 0.15) is 16.9 Å². The summed E-state index contributed by atoms with van der Waals surface area (Å²) in [7, 11) is 0. The highest BCUT2D eigenvalue weighted by Gasteiger charge is 2.25. The number of rotatable bonds is 6. The summed E-state index contributed by atoms with van der Waals surface area (Å²) in [6, 6.07) is 7.53. The van der Waals surface area contributed by atoms with Gasteiger partial charge in [0, 0.05) is 44.3 Å². The van der Waals surface area contributed by atoms with Crippen LogP contribution in [0.1, 0.15) is 41.5 Å². The highest BCUT2D eigenvalue weighted by molar-refractivity contribution is 5.92. The van der Waals surface area contributed by atoms with E-state index in [1.165, 1.54) is 0 Å². The lowest BCUT2D eigenvalue weighted by Gasteiger charge is -2.36. The van der Waals surface area contributed by atoms with Crippen molar-refractivity contribution >= 4 is 22.6 Å². The maximum Gasteiger partial charge on any atom is 0.270 e. The molecule has 8 nitrogen and oxygen atoms in total. The number of anilines is 1. The van der Waals surface area contributed by atoms with E-state index in [2.05, 4.69) is 30.1 Å². The Hall–Kier alpha value is -3.33. The van der Waals surface area contributed by atoms with Crippen LogP contribution in [-0.4, -0.2) is 58.0 Å². The number of aryl methyl sites for hydroxylation is 1. The number of nitrogens with zero attached hydrogens (tertiary/aromatic N) is 4. The number of aromatic amines is 1. The van der Waals surface area contributed by atoms with Crippen LogP contribution in [0.2, 0.25) is 0 Å². The zero-order valence-corrected chi connectivity index (χ0v) is 18.6. The number of nitrogens with one attached hydrogen (secondary N) is 2. The van der Waals surface area contributed by atoms with E-state index in [4.69, 9.17) is 0 Å².